The van der Waals surface area contributed by atoms with Crippen molar-refractivity contribution >= 4 is 5.91 Å². The quantitative estimate of drug-likeness (QED) is 0.788. The first-order chi connectivity index (χ1) is 12.0. The number of para-hydroxylation sites is 1. The van der Waals surface area contributed by atoms with Gasteiger partial charge in [0, 0.05) is 0 Å². The number of benzene rings is 2. The third-order valence-electron chi connectivity index (χ3n) is 3.90. The Kier molecular flexibility index (Phi) is 6.87. The first-order valence-electron chi connectivity index (χ1n) is 8.71. The molecule has 0 saturated heterocycles. The number of hydrogen-bond donors (Lipinski definition) is 1. The van der Waals surface area contributed by atoms with Crippen molar-refractivity contribution in [1.82, 2.24) is 5.32 Å². The molecule has 0 aliphatic heterocycles. The molecular weight excluding hydrogens is 314 g/mol. The van der Waals surface area contributed by atoms with Gasteiger partial charge in [0.2, 0.25) is 0 Å². The van der Waals surface area contributed by atoms with E-state index in [2.05, 4.69) is 5.32 Å². The van der Waals surface area contributed by atoms with E-state index in [-0.39, 0.29) is 11.9 Å². The molecule has 2 aromatic carbocycles. The minimum absolute atomic E-state index is 0.109. The van der Waals surface area contributed by atoms with Crippen LogP contribution in [0.15, 0.2) is 48.5 Å². The molecule has 2 aromatic rings. The van der Waals surface area contributed by atoms with Crippen LogP contribution in [0.5, 0.6) is 11.5 Å². The molecule has 0 aliphatic rings. The number of carbonyl (C=O) groups excluding carboxylic acids is 1. The minimum Gasteiger partial charge on any atom is -0.491 e. The van der Waals surface area contributed by atoms with E-state index < -0.39 is 6.10 Å². The van der Waals surface area contributed by atoms with Crippen LogP contribution in [0.2, 0.25) is 0 Å². The molecule has 0 fully saturated rings. The average Bonchev–Trinajstić information content (AvgIpc) is 2.59. The van der Waals surface area contributed by atoms with E-state index >= 15 is 0 Å². The van der Waals surface area contributed by atoms with Crippen molar-refractivity contribution in [2.24, 2.45) is 0 Å². The fourth-order valence-corrected chi connectivity index (χ4v) is 2.49. The van der Waals surface area contributed by atoms with Crippen LogP contribution in [0, 0.1) is 13.8 Å². The second-order valence-corrected chi connectivity index (χ2v) is 6.32. The highest BCUT2D eigenvalue weighted by atomic mass is 16.5. The van der Waals surface area contributed by atoms with Crippen molar-refractivity contribution in [3.63, 3.8) is 0 Å². The lowest BCUT2D eigenvalue weighted by Gasteiger charge is -2.21. The predicted octanol–water partition coefficient (Wildman–Crippen LogP) is 4.04. The van der Waals surface area contributed by atoms with Crippen LogP contribution in [0.3, 0.4) is 0 Å². The van der Waals surface area contributed by atoms with Crippen LogP contribution in [0.25, 0.3) is 0 Å². The number of ether oxygens (including phenoxy) is 2. The molecule has 2 unspecified atom stereocenters. The van der Waals surface area contributed by atoms with Crippen molar-refractivity contribution in [1.29, 1.82) is 0 Å². The van der Waals surface area contributed by atoms with Gasteiger partial charge >= 0.3 is 0 Å². The molecule has 0 saturated carbocycles. The Bertz CT molecular complexity index is 699. The zero-order valence-corrected chi connectivity index (χ0v) is 15.4. The standard InChI is InChI=1S/C21H27NO3/c1-5-19(25-18-11-8-9-15(2)13-18)21(23)22-17(4)14-24-20-12-7-6-10-16(20)3/h6-13,17,19H,5,14H2,1-4H3,(H,22,23). The first-order valence-corrected chi connectivity index (χ1v) is 8.71. The molecule has 134 valence electrons. The van der Waals surface area contributed by atoms with E-state index in [1.54, 1.807) is 0 Å². The third-order valence-corrected chi connectivity index (χ3v) is 3.90. The number of hydrogen-bond acceptors (Lipinski definition) is 3. The zero-order chi connectivity index (χ0) is 18.2. The summed E-state index contributed by atoms with van der Waals surface area (Å²) in [6.07, 6.45) is 0.0909. The van der Waals surface area contributed by atoms with Gasteiger partial charge in [-0.15, -0.1) is 0 Å². The van der Waals surface area contributed by atoms with Gasteiger partial charge in [-0.3, -0.25) is 4.79 Å². The summed E-state index contributed by atoms with van der Waals surface area (Å²) in [5, 5.41) is 2.97. The van der Waals surface area contributed by atoms with E-state index in [9.17, 15) is 4.79 Å². The summed E-state index contributed by atoms with van der Waals surface area (Å²) in [7, 11) is 0. The molecule has 0 aromatic heterocycles. The largest absolute Gasteiger partial charge is 0.491 e. The molecule has 2 atom stereocenters. The van der Waals surface area contributed by atoms with E-state index in [0.717, 1.165) is 16.9 Å². The van der Waals surface area contributed by atoms with Crippen LogP contribution in [0.4, 0.5) is 0 Å². The van der Waals surface area contributed by atoms with Gasteiger partial charge in [-0.1, -0.05) is 37.3 Å². The normalized spacial score (nSPS) is 13.0. The molecular formula is C21H27NO3. The summed E-state index contributed by atoms with van der Waals surface area (Å²) in [4.78, 5) is 12.5. The summed E-state index contributed by atoms with van der Waals surface area (Å²) < 4.78 is 11.6. The van der Waals surface area contributed by atoms with Gasteiger partial charge in [-0.05, 0) is 56.5 Å². The third kappa shape index (κ3) is 5.82. The molecule has 0 aliphatic carbocycles. The molecule has 0 bridgehead atoms. The van der Waals surface area contributed by atoms with E-state index in [0.29, 0.717) is 18.8 Å². The lowest BCUT2D eigenvalue weighted by molar-refractivity contribution is -0.128. The van der Waals surface area contributed by atoms with Crippen LogP contribution < -0.4 is 14.8 Å². The van der Waals surface area contributed by atoms with Gasteiger partial charge in [0.1, 0.15) is 18.1 Å². The highest BCUT2D eigenvalue weighted by molar-refractivity contribution is 5.81. The molecule has 4 nitrogen and oxygen atoms in total. The Balaban J connectivity index is 1.87. The molecule has 0 spiro atoms. The molecule has 1 N–H and O–H groups in total. The van der Waals surface area contributed by atoms with Crippen molar-refractivity contribution in [2.75, 3.05) is 6.61 Å². The Labute approximate surface area is 150 Å². The SMILES string of the molecule is CCC(Oc1cccc(C)c1)C(=O)NC(C)COc1ccccc1C. The average molecular weight is 341 g/mol. The number of carbonyl (C=O) groups is 1. The van der Waals surface area contributed by atoms with E-state index in [1.165, 1.54) is 0 Å². The Morgan fingerprint density at radius 3 is 2.56 bits per heavy atom. The van der Waals surface area contributed by atoms with Crippen molar-refractivity contribution < 1.29 is 14.3 Å². The summed E-state index contributed by atoms with van der Waals surface area (Å²) in [5.41, 5.74) is 2.18. The summed E-state index contributed by atoms with van der Waals surface area (Å²) in [6, 6.07) is 15.5. The summed E-state index contributed by atoms with van der Waals surface area (Å²) >= 11 is 0. The number of aryl methyl sites for hydroxylation is 2. The number of rotatable bonds is 8. The fraction of sp³-hybridized carbons (Fsp3) is 0.381. The van der Waals surface area contributed by atoms with Gasteiger partial charge in [-0.25, -0.2) is 0 Å². The van der Waals surface area contributed by atoms with Crippen LogP contribution >= 0.6 is 0 Å². The highest BCUT2D eigenvalue weighted by Crippen LogP contribution is 2.17. The fourth-order valence-electron chi connectivity index (χ4n) is 2.49. The lowest BCUT2D eigenvalue weighted by atomic mass is 10.2. The van der Waals surface area contributed by atoms with Gasteiger partial charge < -0.3 is 14.8 Å². The molecule has 0 radical (unpaired) electrons. The van der Waals surface area contributed by atoms with Crippen LogP contribution in [-0.4, -0.2) is 24.7 Å². The second-order valence-electron chi connectivity index (χ2n) is 6.32. The zero-order valence-electron chi connectivity index (χ0n) is 15.4. The Morgan fingerprint density at radius 1 is 1.12 bits per heavy atom. The van der Waals surface area contributed by atoms with Gasteiger partial charge in [0.25, 0.3) is 5.91 Å². The highest BCUT2D eigenvalue weighted by Gasteiger charge is 2.20. The van der Waals surface area contributed by atoms with Crippen LogP contribution in [-0.2, 0) is 4.79 Å². The van der Waals surface area contributed by atoms with Crippen LogP contribution in [0.1, 0.15) is 31.4 Å². The maximum atomic E-state index is 12.5. The maximum absolute atomic E-state index is 12.5. The minimum atomic E-state index is -0.511. The molecule has 25 heavy (non-hydrogen) atoms. The van der Waals surface area contributed by atoms with Crippen molar-refractivity contribution in [3.05, 3.63) is 59.7 Å². The number of nitrogens with one attached hydrogen (secondary N) is 1. The number of amides is 1. The predicted molar refractivity (Wildman–Crippen MR) is 100 cm³/mol. The maximum Gasteiger partial charge on any atom is 0.261 e. The van der Waals surface area contributed by atoms with Crippen molar-refractivity contribution in [2.45, 2.75) is 46.3 Å². The molecule has 2 rings (SSSR count). The Morgan fingerprint density at radius 2 is 1.88 bits per heavy atom. The first kappa shape index (κ1) is 18.8. The summed E-state index contributed by atoms with van der Waals surface area (Å²) in [6.45, 7) is 8.28. The van der Waals surface area contributed by atoms with E-state index in [4.69, 9.17) is 9.47 Å². The second kappa shape index (κ2) is 9.11. The smallest absolute Gasteiger partial charge is 0.261 e. The molecule has 1 amide bonds. The van der Waals surface area contributed by atoms with Crippen molar-refractivity contribution in [3.8, 4) is 11.5 Å². The van der Waals surface area contributed by atoms with Gasteiger partial charge in [-0.2, -0.15) is 0 Å². The topological polar surface area (TPSA) is 47.6 Å². The molecule has 0 heterocycles. The van der Waals surface area contributed by atoms with Gasteiger partial charge in [0.15, 0.2) is 6.10 Å². The van der Waals surface area contributed by atoms with E-state index in [1.807, 2.05) is 76.2 Å². The van der Waals surface area contributed by atoms with Gasteiger partial charge in [0.05, 0.1) is 6.04 Å². The summed E-state index contributed by atoms with van der Waals surface area (Å²) in [5.74, 6) is 1.43. The Hall–Kier alpha value is -2.49. The lowest BCUT2D eigenvalue weighted by Crippen LogP contribution is -2.44. The monoisotopic (exact) mass is 341 g/mol. The molecule has 4 heteroatoms.